The van der Waals surface area contributed by atoms with Gasteiger partial charge in [0.2, 0.25) is 0 Å². The largest absolute Gasteiger partial charge is 0.464 e. The predicted octanol–water partition coefficient (Wildman–Crippen LogP) is 1.79. The normalized spacial score (nSPS) is 16.9. The van der Waals surface area contributed by atoms with Crippen molar-refractivity contribution >= 4 is 27.3 Å². The van der Waals surface area contributed by atoms with Gasteiger partial charge in [-0.05, 0) is 24.7 Å². The summed E-state index contributed by atoms with van der Waals surface area (Å²) in [5.74, 6) is -0.735. The van der Waals surface area contributed by atoms with E-state index in [0.717, 1.165) is 37.0 Å². The Balaban J connectivity index is 2.11. The molecular weight excluding hydrogens is 300 g/mol. The molecule has 0 aromatic carbocycles. The first kappa shape index (κ1) is 15.4. The van der Waals surface area contributed by atoms with Crippen molar-refractivity contribution in [1.82, 2.24) is 9.71 Å². The molecule has 8 heteroatoms. The maximum Gasteiger partial charge on any atom is 0.358 e. The van der Waals surface area contributed by atoms with E-state index in [9.17, 15) is 13.2 Å². The highest BCUT2D eigenvalue weighted by Crippen LogP contribution is 2.49. The lowest BCUT2D eigenvalue weighted by molar-refractivity contribution is 0.0590. The number of aromatic nitrogens is 1. The van der Waals surface area contributed by atoms with Crippen LogP contribution in [0.2, 0.25) is 0 Å². The summed E-state index contributed by atoms with van der Waals surface area (Å²) >= 11 is 0.922. The number of carbonyl (C=O) groups is 1. The highest BCUT2D eigenvalue weighted by Gasteiger charge is 2.42. The standard InChI is InChI=1S/C12H18N2O4S2/c1-3-4-12(5-6-12)7-14-20(16,17)11-9(10(15)18-2)13-8-19-11/h8,14H,3-7H2,1-2H3. The van der Waals surface area contributed by atoms with Crippen LogP contribution in [-0.4, -0.2) is 33.0 Å². The molecule has 1 aliphatic carbocycles. The molecule has 1 aromatic heterocycles. The Kier molecular flexibility index (Phi) is 4.46. The Bertz CT molecular complexity index is 590. The summed E-state index contributed by atoms with van der Waals surface area (Å²) in [4.78, 5) is 15.3. The minimum atomic E-state index is -3.71. The quantitative estimate of drug-likeness (QED) is 0.775. The number of ether oxygens (including phenoxy) is 1. The van der Waals surface area contributed by atoms with Crippen LogP contribution in [0.1, 0.15) is 43.1 Å². The van der Waals surface area contributed by atoms with Gasteiger partial charge in [-0.3, -0.25) is 0 Å². The second-order valence-corrected chi connectivity index (χ2v) is 7.87. The molecular formula is C12H18N2O4S2. The van der Waals surface area contributed by atoms with Crippen LogP contribution in [0.3, 0.4) is 0 Å². The van der Waals surface area contributed by atoms with E-state index < -0.39 is 16.0 Å². The topological polar surface area (TPSA) is 85.4 Å². The van der Waals surface area contributed by atoms with E-state index in [0.29, 0.717) is 6.54 Å². The molecule has 0 radical (unpaired) electrons. The summed E-state index contributed by atoms with van der Waals surface area (Å²) < 4.78 is 31.6. The van der Waals surface area contributed by atoms with E-state index >= 15 is 0 Å². The van der Waals surface area contributed by atoms with Crippen LogP contribution in [0.5, 0.6) is 0 Å². The molecule has 1 fully saturated rings. The molecule has 2 rings (SSSR count). The van der Waals surface area contributed by atoms with Crippen LogP contribution in [-0.2, 0) is 14.8 Å². The zero-order valence-electron chi connectivity index (χ0n) is 11.5. The van der Waals surface area contributed by atoms with Crippen molar-refractivity contribution in [2.24, 2.45) is 5.41 Å². The average molecular weight is 318 g/mol. The predicted molar refractivity (Wildman–Crippen MR) is 75.2 cm³/mol. The minimum Gasteiger partial charge on any atom is -0.464 e. The molecule has 0 bridgehead atoms. The number of carbonyl (C=O) groups excluding carboxylic acids is 1. The minimum absolute atomic E-state index is 0.0725. The molecule has 0 amide bonds. The molecule has 0 saturated heterocycles. The first-order chi connectivity index (χ1) is 9.44. The van der Waals surface area contributed by atoms with E-state index in [1.54, 1.807) is 0 Å². The summed E-state index contributed by atoms with van der Waals surface area (Å²) in [6, 6.07) is 0. The maximum absolute atomic E-state index is 12.3. The van der Waals surface area contributed by atoms with Crippen molar-refractivity contribution in [3.63, 3.8) is 0 Å². The highest BCUT2D eigenvalue weighted by molar-refractivity contribution is 7.91. The van der Waals surface area contributed by atoms with Crippen LogP contribution >= 0.6 is 11.3 Å². The number of hydrogen-bond acceptors (Lipinski definition) is 6. The Morgan fingerprint density at radius 1 is 1.55 bits per heavy atom. The van der Waals surface area contributed by atoms with Gasteiger partial charge in [0.05, 0.1) is 12.6 Å². The molecule has 0 atom stereocenters. The summed E-state index contributed by atoms with van der Waals surface area (Å²) in [7, 11) is -2.51. The number of sulfonamides is 1. The Labute approximate surface area is 122 Å². The van der Waals surface area contributed by atoms with Crippen molar-refractivity contribution < 1.29 is 17.9 Å². The fourth-order valence-corrected chi connectivity index (χ4v) is 4.53. The molecule has 0 unspecified atom stereocenters. The van der Waals surface area contributed by atoms with Crippen molar-refractivity contribution in [3.05, 3.63) is 11.2 Å². The molecule has 1 aromatic rings. The van der Waals surface area contributed by atoms with E-state index in [2.05, 4.69) is 21.4 Å². The molecule has 20 heavy (non-hydrogen) atoms. The molecule has 6 nitrogen and oxygen atoms in total. The van der Waals surface area contributed by atoms with Gasteiger partial charge in [0.1, 0.15) is 0 Å². The third-order valence-electron chi connectivity index (χ3n) is 3.53. The van der Waals surface area contributed by atoms with Crippen LogP contribution in [0.25, 0.3) is 0 Å². The number of thiazole rings is 1. The van der Waals surface area contributed by atoms with Crippen molar-refractivity contribution in [3.8, 4) is 0 Å². The SMILES string of the molecule is CCCC1(CNS(=O)(=O)c2scnc2C(=O)OC)CC1. The van der Waals surface area contributed by atoms with Gasteiger partial charge in [0, 0.05) is 6.54 Å². The first-order valence-corrected chi connectivity index (χ1v) is 8.82. The summed E-state index contributed by atoms with van der Waals surface area (Å²) in [6.07, 6.45) is 4.16. The zero-order chi connectivity index (χ0) is 14.8. The van der Waals surface area contributed by atoms with Crippen molar-refractivity contribution in [2.45, 2.75) is 36.8 Å². The lowest BCUT2D eigenvalue weighted by Crippen LogP contribution is -2.30. The Morgan fingerprint density at radius 3 is 2.80 bits per heavy atom. The summed E-state index contributed by atoms with van der Waals surface area (Å²) in [5.41, 5.74) is 1.29. The van der Waals surface area contributed by atoms with E-state index in [-0.39, 0.29) is 15.3 Å². The van der Waals surface area contributed by atoms with Crippen molar-refractivity contribution in [2.75, 3.05) is 13.7 Å². The second-order valence-electron chi connectivity index (χ2n) is 5.05. The smallest absolute Gasteiger partial charge is 0.358 e. The number of nitrogens with zero attached hydrogens (tertiary/aromatic N) is 1. The molecule has 0 spiro atoms. The van der Waals surface area contributed by atoms with Gasteiger partial charge in [0.15, 0.2) is 9.90 Å². The number of methoxy groups -OCH3 is 1. The fourth-order valence-electron chi connectivity index (χ4n) is 2.19. The monoisotopic (exact) mass is 318 g/mol. The van der Waals surface area contributed by atoms with Gasteiger partial charge in [-0.2, -0.15) is 0 Å². The zero-order valence-corrected chi connectivity index (χ0v) is 13.1. The number of nitrogens with one attached hydrogen (secondary N) is 1. The highest BCUT2D eigenvalue weighted by atomic mass is 32.2. The van der Waals surface area contributed by atoms with E-state index in [1.165, 1.54) is 12.6 Å². The van der Waals surface area contributed by atoms with Gasteiger partial charge < -0.3 is 4.74 Å². The van der Waals surface area contributed by atoms with Crippen LogP contribution in [0, 0.1) is 5.41 Å². The Hall–Kier alpha value is -0.990. The first-order valence-electron chi connectivity index (χ1n) is 6.45. The van der Waals surface area contributed by atoms with Gasteiger partial charge in [-0.25, -0.2) is 22.9 Å². The molecule has 1 heterocycles. The van der Waals surface area contributed by atoms with Crippen LogP contribution in [0.4, 0.5) is 0 Å². The molecule has 0 aliphatic heterocycles. The summed E-state index contributed by atoms with van der Waals surface area (Å²) in [5, 5.41) is 0. The van der Waals surface area contributed by atoms with Gasteiger partial charge in [0.25, 0.3) is 10.0 Å². The van der Waals surface area contributed by atoms with Crippen LogP contribution in [0.15, 0.2) is 9.72 Å². The third kappa shape index (κ3) is 3.18. The molecule has 1 N–H and O–H groups in total. The average Bonchev–Trinajstić information content (AvgIpc) is 3.00. The molecule has 1 saturated carbocycles. The maximum atomic E-state index is 12.3. The van der Waals surface area contributed by atoms with Crippen LogP contribution < -0.4 is 4.72 Å². The lowest BCUT2D eigenvalue weighted by Gasteiger charge is -2.14. The van der Waals surface area contributed by atoms with Crippen molar-refractivity contribution in [1.29, 1.82) is 0 Å². The van der Waals surface area contributed by atoms with Gasteiger partial charge in [-0.15, -0.1) is 11.3 Å². The number of hydrogen-bond donors (Lipinski definition) is 1. The fraction of sp³-hybridized carbons (Fsp3) is 0.667. The van der Waals surface area contributed by atoms with E-state index in [1.807, 2.05) is 0 Å². The molecule has 1 aliphatic rings. The second kappa shape index (κ2) is 5.79. The van der Waals surface area contributed by atoms with Gasteiger partial charge >= 0.3 is 5.97 Å². The third-order valence-corrected chi connectivity index (χ3v) is 6.30. The number of rotatable bonds is 7. The lowest BCUT2D eigenvalue weighted by atomic mass is 10.0. The van der Waals surface area contributed by atoms with E-state index in [4.69, 9.17) is 0 Å². The Morgan fingerprint density at radius 2 is 2.25 bits per heavy atom. The molecule has 112 valence electrons. The summed E-state index contributed by atoms with van der Waals surface area (Å²) in [6.45, 7) is 2.51. The number of esters is 1. The van der Waals surface area contributed by atoms with Gasteiger partial charge in [-0.1, -0.05) is 13.3 Å².